The maximum atomic E-state index is 11.2. The van der Waals surface area contributed by atoms with Crippen LogP contribution in [-0.2, 0) is 0 Å². The summed E-state index contributed by atoms with van der Waals surface area (Å²) in [4.78, 5) is 20.5. The van der Waals surface area contributed by atoms with Gasteiger partial charge in [0.2, 0.25) is 11.6 Å². The molecule has 0 aliphatic heterocycles. The molecule has 1 heterocycles. The van der Waals surface area contributed by atoms with E-state index in [1.807, 2.05) is 4.90 Å². The molecule has 0 bridgehead atoms. The molecular weight excluding hydrogens is 250 g/mol. The van der Waals surface area contributed by atoms with Gasteiger partial charge in [-0.05, 0) is 19.3 Å². The molecule has 8 heteroatoms. The Morgan fingerprint density at radius 1 is 1.58 bits per heavy atom. The molecular formula is C11H17N5O3. The van der Waals surface area contributed by atoms with Gasteiger partial charge >= 0.3 is 5.69 Å². The van der Waals surface area contributed by atoms with Crippen LogP contribution in [0, 0.1) is 10.1 Å². The SMILES string of the molecule is CNc1ncnc(N(CCO)C2CCC2)c1[N+](=O)[O-]. The predicted octanol–water partition coefficient (Wildman–Crippen LogP) is 0.778. The number of rotatable bonds is 6. The van der Waals surface area contributed by atoms with Crippen LogP contribution < -0.4 is 10.2 Å². The molecule has 0 aromatic carbocycles. The molecule has 0 atom stereocenters. The highest BCUT2D eigenvalue weighted by Crippen LogP contribution is 2.36. The maximum absolute atomic E-state index is 11.2. The standard InChI is InChI=1S/C11H17N5O3/c1-12-10-9(16(18)19)11(14-7-13-10)15(5-6-17)8-3-2-4-8/h7-8,17H,2-6H2,1H3,(H,12,13,14). The van der Waals surface area contributed by atoms with Gasteiger partial charge in [0, 0.05) is 19.6 Å². The zero-order valence-electron chi connectivity index (χ0n) is 10.7. The molecule has 8 nitrogen and oxygen atoms in total. The highest BCUT2D eigenvalue weighted by Gasteiger charge is 2.32. The van der Waals surface area contributed by atoms with Gasteiger partial charge in [-0.15, -0.1) is 0 Å². The summed E-state index contributed by atoms with van der Waals surface area (Å²) in [5, 5.41) is 23.1. The van der Waals surface area contributed by atoms with Gasteiger partial charge in [0.1, 0.15) is 6.33 Å². The van der Waals surface area contributed by atoms with Crippen molar-refractivity contribution in [3.63, 3.8) is 0 Å². The van der Waals surface area contributed by atoms with Crippen molar-refractivity contribution in [1.29, 1.82) is 0 Å². The molecule has 1 aromatic rings. The van der Waals surface area contributed by atoms with Crippen molar-refractivity contribution in [3.8, 4) is 0 Å². The highest BCUT2D eigenvalue weighted by atomic mass is 16.6. The molecule has 104 valence electrons. The van der Waals surface area contributed by atoms with E-state index in [9.17, 15) is 10.1 Å². The smallest absolute Gasteiger partial charge is 0.353 e. The van der Waals surface area contributed by atoms with E-state index in [1.165, 1.54) is 6.33 Å². The number of nitrogens with one attached hydrogen (secondary N) is 1. The Balaban J connectivity index is 2.42. The van der Waals surface area contributed by atoms with E-state index in [0.29, 0.717) is 6.54 Å². The number of aromatic nitrogens is 2. The van der Waals surface area contributed by atoms with Crippen molar-refractivity contribution in [1.82, 2.24) is 9.97 Å². The summed E-state index contributed by atoms with van der Waals surface area (Å²) in [6.07, 6.45) is 4.34. The minimum Gasteiger partial charge on any atom is -0.395 e. The quantitative estimate of drug-likeness (QED) is 0.579. The summed E-state index contributed by atoms with van der Waals surface area (Å²) in [6, 6.07) is 0.213. The van der Waals surface area contributed by atoms with E-state index in [1.54, 1.807) is 7.05 Å². The third-order valence-electron chi connectivity index (χ3n) is 3.35. The highest BCUT2D eigenvalue weighted by molar-refractivity contribution is 5.70. The molecule has 1 aliphatic carbocycles. The van der Waals surface area contributed by atoms with Gasteiger partial charge < -0.3 is 15.3 Å². The van der Waals surface area contributed by atoms with Gasteiger partial charge in [0.05, 0.1) is 11.5 Å². The zero-order chi connectivity index (χ0) is 13.8. The molecule has 0 unspecified atom stereocenters. The van der Waals surface area contributed by atoms with Gasteiger partial charge in [-0.2, -0.15) is 0 Å². The van der Waals surface area contributed by atoms with E-state index >= 15 is 0 Å². The molecule has 19 heavy (non-hydrogen) atoms. The summed E-state index contributed by atoms with van der Waals surface area (Å²) >= 11 is 0. The first-order valence-corrected chi connectivity index (χ1v) is 6.23. The second kappa shape index (κ2) is 5.79. The Morgan fingerprint density at radius 3 is 2.79 bits per heavy atom. The van der Waals surface area contributed by atoms with Gasteiger partial charge in [-0.1, -0.05) is 0 Å². The lowest BCUT2D eigenvalue weighted by Crippen LogP contribution is -2.42. The van der Waals surface area contributed by atoms with E-state index in [-0.39, 0.29) is 30.0 Å². The van der Waals surface area contributed by atoms with Crippen molar-refractivity contribution >= 4 is 17.3 Å². The van der Waals surface area contributed by atoms with Crippen LogP contribution in [0.5, 0.6) is 0 Å². The van der Waals surface area contributed by atoms with Crippen LogP contribution in [0.1, 0.15) is 19.3 Å². The molecule has 1 saturated carbocycles. The maximum Gasteiger partial charge on any atom is 0.353 e. The largest absolute Gasteiger partial charge is 0.395 e. The van der Waals surface area contributed by atoms with Crippen molar-refractivity contribution in [2.45, 2.75) is 25.3 Å². The number of hydrogen-bond donors (Lipinski definition) is 2. The Labute approximate surface area is 110 Å². The van der Waals surface area contributed by atoms with Crippen molar-refractivity contribution in [3.05, 3.63) is 16.4 Å². The van der Waals surface area contributed by atoms with Crippen LogP contribution in [0.4, 0.5) is 17.3 Å². The fraction of sp³-hybridized carbons (Fsp3) is 0.636. The van der Waals surface area contributed by atoms with Crippen molar-refractivity contribution in [2.75, 3.05) is 30.4 Å². The summed E-state index contributed by atoms with van der Waals surface area (Å²) in [5.74, 6) is 0.473. The number of aliphatic hydroxyl groups excluding tert-OH is 1. The van der Waals surface area contributed by atoms with Crippen LogP contribution in [0.25, 0.3) is 0 Å². The minimum atomic E-state index is -0.482. The number of nitrogens with zero attached hydrogens (tertiary/aromatic N) is 4. The Morgan fingerprint density at radius 2 is 2.32 bits per heavy atom. The van der Waals surface area contributed by atoms with E-state index in [4.69, 9.17) is 5.11 Å². The number of anilines is 2. The fourth-order valence-corrected chi connectivity index (χ4v) is 2.20. The third kappa shape index (κ3) is 2.58. The third-order valence-corrected chi connectivity index (χ3v) is 3.35. The van der Waals surface area contributed by atoms with Crippen LogP contribution >= 0.6 is 0 Å². The van der Waals surface area contributed by atoms with Gasteiger partial charge in [-0.3, -0.25) is 10.1 Å². The molecule has 1 aliphatic rings. The van der Waals surface area contributed by atoms with E-state index in [0.717, 1.165) is 19.3 Å². The van der Waals surface area contributed by atoms with Crippen LogP contribution in [0.15, 0.2) is 6.33 Å². The number of nitro groups is 1. The number of aliphatic hydroxyl groups is 1. The molecule has 2 N–H and O–H groups in total. The van der Waals surface area contributed by atoms with Crippen LogP contribution in [0.2, 0.25) is 0 Å². The normalized spacial score (nSPS) is 14.8. The second-order valence-electron chi connectivity index (χ2n) is 4.40. The Bertz CT molecular complexity index is 464. The topological polar surface area (TPSA) is 104 Å². The van der Waals surface area contributed by atoms with E-state index < -0.39 is 4.92 Å². The lowest BCUT2D eigenvalue weighted by atomic mass is 9.91. The summed E-state index contributed by atoms with van der Waals surface area (Å²) in [6.45, 7) is 0.276. The number of hydrogen-bond acceptors (Lipinski definition) is 7. The first-order valence-electron chi connectivity index (χ1n) is 6.23. The zero-order valence-corrected chi connectivity index (χ0v) is 10.7. The Kier molecular flexibility index (Phi) is 4.10. The molecule has 1 aromatic heterocycles. The average molecular weight is 267 g/mol. The lowest BCUT2D eigenvalue weighted by Gasteiger charge is -2.37. The predicted molar refractivity (Wildman–Crippen MR) is 70.3 cm³/mol. The molecule has 0 radical (unpaired) electrons. The van der Waals surface area contributed by atoms with Gasteiger partial charge in [0.25, 0.3) is 0 Å². The first kappa shape index (κ1) is 13.5. The molecule has 0 saturated heterocycles. The van der Waals surface area contributed by atoms with Crippen molar-refractivity contribution in [2.24, 2.45) is 0 Å². The summed E-state index contributed by atoms with van der Waals surface area (Å²) in [5.41, 5.74) is -0.134. The van der Waals surface area contributed by atoms with Gasteiger partial charge in [-0.25, -0.2) is 9.97 Å². The molecule has 0 spiro atoms. The summed E-state index contributed by atoms with van der Waals surface area (Å²) < 4.78 is 0. The van der Waals surface area contributed by atoms with Gasteiger partial charge in [0.15, 0.2) is 0 Å². The molecule has 0 amide bonds. The summed E-state index contributed by atoms with van der Waals surface area (Å²) in [7, 11) is 1.58. The Hall–Kier alpha value is -1.96. The first-order chi connectivity index (χ1) is 9.19. The molecule has 1 fully saturated rings. The average Bonchev–Trinajstić information content (AvgIpc) is 2.35. The fourth-order valence-electron chi connectivity index (χ4n) is 2.20. The van der Waals surface area contributed by atoms with Crippen molar-refractivity contribution < 1.29 is 10.0 Å². The van der Waals surface area contributed by atoms with E-state index in [2.05, 4.69) is 15.3 Å². The molecule has 2 rings (SSSR count). The minimum absolute atomic E-state index is 0.0630. The van der Waals surface area contributed by atoms with Crippen LogP contribution in [-0.4, -0.2) is 46.2 Å². The van der Waals surface area contributed by atoms with Crippen LogP contribution in [0.3, 0.4) is 0 Å². The second-order valence-corrected chi connectivity index (χ2v) is 4.40. The monoisotopic (exact) mass is 267 g/mol. The lowest BCUT2D eigenvalue weighted by molar-refractivity contribution is -0.383.